The van der Waals surface area contributed by atoms with Crippen LogP contribution >= 0.6 is 24.0 Å². The smallest absolute Gasteiger partial charge is 0.109 e. The maximum Gasteiger partial charge on any atom is 0.109 e. The fraction of sp³-hybridized carbons (Fsp3) is 0.769. The summed E-state index contributed by atoms with van der Waals surface area (Å²) in [4.78, 5) is 0. The van der Waals surface area contributed by atoms with Gasteiger partial charge in [0.2, 0.25) is 0 Å². The topological polar surface area (TPSA) is 35.5 Å². The molecule has 1 rings (SSSR count). The Morgan fingerprint density at radius 3 is 2.50 bits per heavy atom. The molecule has 0 bridgehead atoms. The van der Waals surface area contributed by atoms with Crippen LogP contribution in [-0.2, 0) is 0 Å². The predicted octanol–water partition coefficient (Wildman–Crippen LogP) is 3.54. The molecule has 104 valence electrons. The number of rotatable bonds is 4. The maximum atomic E-state index is 10.2. The lowest BCUT2D eigenvalue weighted by Crippen LogP contribution is -2.48. The van der Waals surface area contributed by atoms with E-state index in [-0.39, 0.29) is 0 Å². The van der Waals surface area contributed by atoms with Crippen LogP contribution in [0.1, 0.15) is 47.5 Å². The van der Waals surface area contributed by atoms with Gasteiger partial charge in [0.05, 0.1) is 9.74 Å². The molecule has 18 heavy (non-hydrogen) atoms. The molecule has 0 aromatic rings. The lowest BCUT2D eigenvalue weighted by Gasteiger charge is -2.32. The Bertz CT molecular complexity index is 351. The molecule has 5 heteroatoms. The molecular formula is C13H24N2OS2. The summed E-state index contributed by atoms with van der Waals surface area (Å²) in [5.74, 6) is 1.06. The number of hydroxylamine groups is 2. The monoisotopic (exact) mass is 288 g/mol. The minimum absolute atomic E-state index is 0.432. The van der Waals surface area contributed by atoms with E-state index in [1.54, 1.807) is 11.8 Å². The fourth-order valence-electron chi connectivity index (χ4n) is 2.04. The molecule has 0 spiro atoms. The van der Waals surface area contributed by atoms with Crippen molar-refractivity contribution in [2.75, 3.05) is 5.75 Å². The molecule has 0 amide bonds. The fourth-order valence-corrected chi connectivity index (χ4v) is 3.24. The van der Waals surface area contributed by atoms with E-state index in [1.807, 2.05) is 33.8 Å². The summed E-state index contributed by atoms with van der Waals surface area (Å²) in [5.41, 5.74) is 0.0850. The quantitative estimate of drug-likeness (QED) is 0.470. The highest BCUT2D eigenvalue weighted by Crippen LogP contribution is 2.35. The normalized spacial score (nSPS) is 24.2. The van der Waals surface area contributed by atoms with E-state index in [4.69, 9.17) is 12.2 Å². The third-order valence-corrected chi connectivity index (χ3v) is 4.53. The predicted molar refractivity (Wildman–Crippen MR) is 83.0 cm³/mol. The van der Waals surface area contributed by atoms with Gasteiger partial charge >= 0.3 is 0 Å². The van der Waals surface area contributed by atoms with Crippen LogP contribution < -0.4 is 5.32 Å². The molecule has 1 aliphatic heterocycles. The second-order valence-corrected chi connectivity index (χ2v) is 7.47. The van der Waals surface area contributed by atoms with Crippen molar-refractivity contribution >= 4 is 28.2 Å². The first-order valence-corrected chi connectivity index (χ1v) is 7.77. The Hall–Kier alpha value is -0.100. The van der Waals surface area contributed by atoms with Gasteiger partial charge in [-0.05, 0) is 45.9 Å². The Kier molecular flexibility index (Phi) is 5.23. The summed E-state index contributed by atoms with van der Waals surface area (Å²) in [5, 5.41) is 14.8. The number of nitrogens with one attached hydrogen (secondary N) is 1. The summed E-state index contributed by atoms with van der Waals surface area (Å²) in [6, 6.07) is 0. The van der Waals surface area contributed by atoms with Crippen molar-refractivity contribution < 1.29 is 5.21 Å². The van der Waals surface area contributed by atoms with Crippen molar-refractivity contribution in [1.29, 1.82) is 0 Å². The van der Waals surface area contributed by atoms with Crippen molar-refractivity contribution in [2.24, 2.45) is 0 Å². The minimum Gasteiger partial charge on any atom is -0.368 e. The van der Waals surface area contributed by atoms with E-state index in [9.17, 15) is 5.21 Å². The molecule has 3 nitrogen and oxygen atoms in total. The maximum absolute atomic E-state index is 10.2. The molecule has 0 aromatic carbocycles. The van der Waals surface area contributed by atoms with Gasteiger partial charge in [0, 0.05) is 5.70 Å². The van der Waals surface area contributed by atoms with Crippen molar-refractivity contribution in [1.82, 2.24) is 10.4 Å². The van der Waals surface area contributed by atoms with Crippen LogP contribution in [0, 0.1) is 0 Å². The van der Waals surface area contributed by atoms with Gasteiger partial charge in [-0.25, -0.2) is 0 Å². The number of nitrogens with zero attached hydrogens (tertiary/aromatic N) is 1. The number of hydrogen-bond acceptors (Lipinski definition) is 5. The molecule has 0 saturated carbocycles. The van der Waals surface area contributed by atoms with E-state index in [0.717, 1.165) is 15.6 Å². The molecule has 1 saturated heterocycles. The average Bonchev–Trinajstić information content (AvgIpc) is 2.40. The van der Waals surface area contributed by atoms with Gasteiger partial charge in [-0.15, -0.1) is 11.8 Å². The van der Waals surface area contributed by atoms with E-state index in [2.05, 4.69) is 12.2 Å². The zero-order valence-electron chi connectivity index (χ0n) is 11.9. The summed E-state index contributed by atoms with van der Waals surface area (Å²) < 4.78 is 0.880. The Balaban J connectivity index is 2.74. The lowest BCUT2D eigenvalue weighted by atomic mass is 10.0. The molecule has 1 aliphatic rings. The zero-order valence-corrected chi connectivity index (χ0v) is 13.5. The number of hydrogen-bond donors (Lipinski definition) is 2. The van der Waals surface area contributed by atoms with Crippen LogP contribution in [0.5, 0.6) is 0 Å². The second kappa shape index (κ2) is 5.90. The molecule has 0 aromatic heterocycles. The van der Waals surface area contributed by atoms with Gasteiger partial charge in [-0.1, -0.05) is 25.6 Å². The summed E-state index contributed by atoms with van der Waals surface area (Å²) >= 11 is 7.07. The summed E-state index contributed by atoms with van der Waals surface area (Å²) in [6.45, 7) is 10.0. The Morgan fingerprint density at radius 2 is 2.06 bits per heavy atom. The van der Waals surface area contributed by atoms with Gasteiger partial charge in [-0.3, -0.25) is 0 Å². The second-order valence-electron chi connectivity index (χ2n) is 5.63. The molecule has 0 unspecified atom stereocenters. The average molecular weight is 288 g/mol. The highest BCUT2D eigenvalue weighted by Gasteiger charge is 2.47. The lowest BCUT2D eigenvalue weighted by molar-refractivity contribution is -0.191. The van der Waals surface area contributed by atoms with Gasteiger partial charge in [-0.2, -0.15) is 5.06 Å². The highest BCUT2D eigenvalue weighted by molar-refractivity contribution is 8.23. The molecular weight excluding hydrogens is 264 g/mol. The summed E-state index contributed by atoms with van der Waals surface area (Å²) in [7, 11) is 0. The van der Waals surface area contributed by atoms with Crippen molar-refractivity contribution in [3.05, 3.63) is 11.8 Å². The van der Waals surface area contributed by atoms with E-state index in [1.165, 1.54) is 17.9 Å². The van der Waals surface area contributed by atoms with Crippen molar-refractivity contribution in [3.8, 4) is 0 Å². The molecule has 1 heterocycles. The van der Waals surface area contributed by atoms with E-state index >= 15 is 0 Å². The Labute approximate surface area is 120 Å². The highest BCUT2D eigenvalue weighted by atomic mass is 32.2. The molecule has 0 radical (unpaired) electrons. The summed E-state index contributed by atoms with van der Waals surface area (Å²) in [6.07, 6.45) is 4.35. The number of thioether (sulfide) groups is 1. The molecule has 0 aliphatic carbocycles. The van der Waals surface area contributed by atoms with E-state index in [0.29, 0.717) is 0 Å². The van der Waals surface area contributed by atoms with Crippen LogP contribution in [0.3, 0.4) is 0 Å². The van der Waals surface area contributed by atoms with Gasteiger partial charge in [0.1, 0.15) is 5.66 Å². The first-order valence-electron chi connectivity index (χ1n) is 6.38. The van der Waals surface area contributed by atoms with Crippen LogP contribution in [-0.4, -0.2) is 31.4 Å². The third kappa shape index (κ3) is 3.47. The van der Waals surface area contributed by atoms with Gasteiger partial charge < -0.3 is 10.5 Å². The minimum atomic E-state index is -0.459. The standard InChI is InChI=1S/C13H24N2OS2/c1-6-7-8-18-11(17)9-10-12(2,3)15(16)13(4,5)14-10/h9,14,16H,6-8H2,1-5H3/b10-9-. The number of unbranched alkanes of at least 4 members (excludes halogenated alkanes) is 1. The van der Waals surface area contributed by atoms with Crippen LogP contribution in [0.2, 0.25) is 0 Å². The van der Waals surface area contributed by atoms with E-state index < -0.39 is 11.2 Å². The van der Waals surface area contributed by atoms with Crippen LogP contribution in [0.4, 0.5) is 0 Å². The largest absolute Gasteiger partial charge is 0.368 e. The molecule has 0 atom stereocenters. The molecule has 2 N–H and O–H groups in total. The van der Waals surface area contributed by atoms with Gasteiger partial charge in [0.15, 0.2) is 0 Å². The van der Waals surface area contributed by atoms with Gasteiger partial charge in [0.25, 0.3) is 0 Å². The van der Waals surface area contributed by atoms with Crippen LogP contribution in [0.25, 0.3) is 0 Å². The van der Waals surface area contributed by atoms with Crippen molar-refractivity contribution in [3.63, 3.8) is 0 Å². The Morgan fingerprint density at radius 1 is 1.44 bits per heavy atom. The number of thiocarbonyl (C=S) groups is 1. The van der Waals surface area contributed by atoms with Crippen LogP contribution in [0.15, 0.2) is 11.8 Å². The first-order chi connectivity index (χ1) is 8.21. The zero-order chi connectivity index (χ0) is 14.0. The third-order valence-electron chi connectivity index (χ3n) is 3.16. The SMILES string of the molecule is CCCCSC(=S)/C=C1\NC(C)(C)N(O)C1(C)C. The first kappa shape index (κ1) is 16.0. The molecule has 1 fully saturated rings. The van der Waals surface area contributed by atoms with Crippen molar-refractivity contribution in [2.45, 2.75) is 58.7 Å².